The number of benzene rings is 1. The maximum absolute atomic E-state index is 12.9. The summed E-state index contributed by atoms with van der Waals surface area (Å²) in [6.07, 6.45) is 0. The summed E-state index contributed by atoms with van der Waals surface area (Å²) < 4.78 is 36.1. The number of sulfone groups is 1. The van der Waals surface area contributed by atoms with E-state index in [1.165, 1.54) is 12.1 Å². The number of fused-ring (bicyclic) bond motifs is 1. The Morgan fingerprint density at radius 3 is 2.68 bits per heavy atom. The van der Waals surface area contributed by atoms with E-state index < -0.39 is 9.84 Å². The number of halogens is 1. The summed E-state index contributed by atoms with van der Waals surface area (Å²) in [5.41, 5.74) is 0.912. The lowest BCUT2D eigenvalue weighted by atomic mass is 10.1. The van der Waals surface area contributed by atoms with Crippen LogP contribution in [-0.4, -0.2) is 42.0 Å². The molecule has 0 amide bonds. The van der Waals surface area contributed by atoms with Crippen molar-refractivity contribution in [2.75, 3.05) is 11.5 Å². The molecule has 2 fully saturated rings. The van der Waals surface area contributed by atoms with Gasteiger partial charge in [0.15, 0.2) is 14.9 Å². The molecule has 1 aromatic rings. The molecule has 0 aliphatic carbocycles. The minimum absolute atomic E-state index is 0.109. The van der Waals surface area contributed by atoms with Crippen LogP contribution in [0.1, 0.15) is 5.56 Å². The van der Waals surface area contributed by atoms with Gasteiger partial charge < -0.3 is 10.2 Å². The zero-order chi connectivity index (χ0) is 13.6. The lowest BCUT2D eigenvalue weighted by Crippen LogP contribution is -2.36. The summed E-state index contributed by atoms with van der Waals surface area (Å²) in [6, 6.07) is 5.94. The molecule has 3 rings (SSSR count). The Balaban J connectivity index is 1.80. The Morgan fingerprint density at radius 2 is 2.00 bits per heavy atom. The predicted octanol–water partition coefficient (Wildman–Crippen LogP) is 0.681. The topological polar surface area (TPSA) is 49.4 Å². The SMILES string of the molecule is O=S1(=O)C[C@H]2NC(=S)N(Cc3ccc(F)cc3)[C@H]2C1. The molecule has 102 valence electrons. The standard InChI is InChI=1S/C12H13FN2O2S2/c13-9-3-1-8(2-4-9)5-15-11-7-19(16,17)6-10(11)14-12(15)18/h1-4,10-11H,5-7H2,(H,14,18)/t10-,11+/m1/s1. The van der Waals surface area contributed by atoms with E-state index in [9.17, 15) is 12.8 Å². The third kappa shape index (κ3) is 2.44. The molecule has 0 bridgehead atoms. The Hall–Kier alpha value is -1.21. The number of hydrogen-bond acceptors (Lipinski definition) is 3. The van der Waals surface area contributed by atoms with Crippen LogP contribution in [0.4, 0.5) is 4.39 Å². The van der Waals surface area contributed by atoms with E-state index in [4.69, 9.17) is 12.2 Å². The van der Waals surface area contributed by atoms with E-state index in [2.05, 4.69) is 5.32 Å². The molecule has 1 aromatic carbocycles. The molecule has 4 nitrogen and oxygen atoms in total. The molecule has 2 aliphatic heterocycles. The van der Waals surface area contributed by atoms with Gasteiger partial charge in [0, 0.05) is 6.54 Å². The summed E-state index contributed by atoms with van der Waals surface area (Å²) in [5, 5.41) is 3.64. The van der Waals surface area contributed by atoms with Gasteiger partial charge in [-0.1, -0.05) is 12.1 Å². The van der Waals surface area contributed by atoms with Crippen LogP contribution < -0.4 is 5.32 Å². The first-order valence-electron chi connectivity index (χ1n) is 5.97. The van der Waals surface area contributed by atoms with Gasteiger partial charge in [0.05, 0.1) is 23.6 Å². The van der Waals surface area contributed by atoms with Gasteiger partial charge in [0.1, 0.15) is 5.82 Å². The van der Waals surface area contributed by atoms with Crippen molar-refractivity contribution in [3.8, 4) is 0 Å². The lowest BCUT2D eigenvalue weighted by Gasteiger charge is -2.23. The minimum atomic E-state index is -2.98. The van der Waals surface area contributed by atoms with E-state index in [1.54, 1.807) is 12.1 Å². The minimum Gasteiger partial charge on any atom is -0.357 e. The Bertz CT molecular complexity index is 615. The van der Waals surface area contributed by atoms with Crippen LogP contribution in [0.3, 0.4) is 0 Å². The molecule has 0 radical (unpaired) electrons. The fourth-order valence-electron chi connectivity index (χ4n) is 2.64. The Labute approximate surface area is 116 Å². The first kappa shape index (κ1) is 12.8. The van der Waals surface area contributed by atoms with Gasteiger partial charge in [-0.3, -0.25) is 0 Å². The van der Waals surface area contributed by atoms with Crippen LogP contribution in [0.2, 0.25) is 0 Å². The average molecular weight is 300 g/mol. The number of rotatable bonds is 2. The molecule has 0 unspecified atom stereocenters. The molecule has 7 heteroatoms. The third-order valence-corrected chi connectivity index (χ3v) is 5.63. The van der Waals surface area contributed by atoms with Crippen molar-refractivity contribution in [3.05, 3.63) is 35.6 Å². The van der Waals surface area contributed by atoms with Crippen molar-refractivity contribution >= 4 is 27.2 Å². The van der Waals surface area contributed by atoms with Gasteiger partial charge in [0.2, 0.25) is 0 Å². The second kappa shape index (κ2) is 4.42. The van der Waals surface area contributed by atoms with E-state index >= 15 is 0 Å². The highest BCUT2D eigenvalue weighted by molar-refractivity contribution is 7.91. The molecular formula is C12H13FN2O2S2. The van der Waals surface area contributed by atoms with E-state index in [0.717, 1.165) is 5.56 Å². The van der Waals surface area contributed by atoms with Gasteiger partial charge in [-0.2, -0.15) is 0 Å². The van der Waals surface area contributed by atoms with Crippen LogP contribution in [0.15, 0.2) is 24.3 Å². The van der Waals surface area contributed by atoms with Gasteiger partial charge in [-0.15, -0.1) is 0 Å². The first-order valence-corrected chi connectivity index (χ1v) is 8.19. The van der Waals surface area contributed by atoms with Crippen molar-refractivity contribution < 1.29 is 12.8 Å². The maximum atomic E-state index is 12.9. The third-order valence-electron chi connectivity index (χ3n) is 3.56. The predicted molar refractivity (Wildman–Crippen MR) is 73.9 cm³/mol. The van der Waals surface area contributed by atoms with Gasteiger partial charge >= 0.3 is 0 Å². The fraction of sp³-hybridized carbons (Fsp3) is 0.417. The van der Waals surface area contributed by atoms with Gasteiger partial charge in [0.25, 0.3) is 0 Å². The smallest absolute Gasteiger partial charge is 0.169 e. The average Bonchev–Trinajstić information content (AvgIpc) is 2.75. The summed E-state index contributed by atoms with van der Waals surface area (Å²) in [4.78, 5) is 1.89. The summed E-state index contributed by atoms with van der Waals surface area (Å²) in [6.45, 7) is 0.503. The highest BCUT2D eigenvalue weighted by Crippen LogP contribution is 2.25. The molecule has 19 heavy (non-hydrogen) atoms. The lowest BCUT2D eigenvalue weighted by molar-refractivity contribution is 0.348. The van der Waals surface area contributed by atoms with E-state index in [1.807, 2.05) is 4.90 Å². The van der Waals surface area contributed by atoms with Crippen molar-refractivity contribution in [3.63, 3.8) is 0 Å². The number of nitrogens with one attached hydrogen (secondary N) is 1. The summed E-state index contributed by atoms with van der Waals surface area (Å²) in [7, 11) is -2.98. The molecule has 1 N–H and O–H groups in total. The van der Waals surface area contributed by atoms with Gasteiger partial charge in [-0.25, -0.2) is 12.8 Å². The van der Waals surface area contributed by atoms with Crippen LogP contribution in [0.25, 0.3) is 0 Å². The normalized spacial score (nSPS) is 28.3. The van der Waals surface area contributed by atoms with Gasteiger partial charge in [-0.05, 0) is 29.9 Å². The molecule has 2 aliphatic rings. The number of hydrogen-bond donors (Lipinski definition) is 1. The van der Waals surface area contributed by atoms with E-state index in [-0.39, 0.29) is 29.4 Å². The molecule has 0 spiro atoms. The molecule has 2 atom stereocenters. The Morgan fingerprint density at radius 1 is 1.32 bits per heavy atom. The van der Waals surface area contributed by atoms with Crippen molar-refractivity contribution in [1.29, 1.82) is 0 Å². The second-order valence-corrected chi connectivity index (χ2v) is 7.50. The highest BCUT2D eigenvalue weighted by Gasteiger charge is 2.46. The quantitative estimate of drug-likeness (QED) is 0.814. The van der Waals surface area contributed by atoms with Crippen molar-refractivity contribution in [2.45, 2.75) is 18.6 Å². The number of thiocarbonyl (C=S) groups is 1. The van der Waals surface area contributed by atoms with Crippen LogP contribution in [0.5, 0.6) is 0 Å². The fourth-order valence-corrected chi connectivity index (χ4v) is 4.91. The number of nitrogens with zero attached hydrogens (tertiary/aromatic N) is 1. The largest absolute Gasteiger partial charge is 0.357 e. The Kier molecular flexibility index (Phi) is 2.98. The molecule has 2 saturated heterocycles. The van der Waals surface area contributed by atoms with Crippen LogP contribution in [-0.2, 0) is 16.4 Å². The highest BCUT2D eigenvalue weighted by atomic mass is 32.2. The van der Waals surface area contributed by atoms with Crippen LogP contribution >= 0.6 is 12.2 Å². The molecule has 0 saturated carbocycles. The molecule has 2 heterocycles. The van der Waals surface area contributed by atoms with Crippen LogP contribution in [0, 0.1) is 5.82 Å². The zero-order valence-corrected chi connectivity index (χ0v) is 11.7. The van der Waals surface area contributed by atoms with E-state index in [0.29, 0.717) is 11.7 Å². The first-order chi connectivity index (χ1) is 8.94. The zero-order valence-electron chi connectivity index (χ0n) is 10.0. The van der Waals surface area contributed by atoms with Crippen molar-refractivity contribution in [1.82, 2.24) is 10.2 Å². The summed E-state index contributed by atoms with van der Waals surface area (Å²) in [5.74, 6) is -0.0174. The monoisotopic (exact) mass is 300 g/mol. The second-order valence-electron chi connectivity index (χ2n) is 4.95. The molecule has 0 aromatic heterocycles. The van der Waals surface area contributed by atoms with Crippen molar-refractivity contribution in [2.24, 2.45) is 0 Å². The molecular weight excluding hydrogens is 287 g/mol. The summed E-state index contributed by atoms with van der Waals surface area (Å²) >= 11 is 5.24. The maximum Gasteiger partial charge on any atom is 0.169 e.